The van der Waals surface area contributed by atoms with Gasteiger partial charge in [-0.1, -0.05) is 19.1 Å². The topological polar surface area (TPSA) is 53.1 Å². The summed E-state index contributed by atoms with van der Waals surface area (Å²) in [5.41, 5.74) is 5.81. The summed E-state index contributed by atoms with van der Waals surface area (Å²) in [5, 5.41) is 2.26. The fourth-order valence-electron chi connectivity index (χ4n) is 5.54. The van der Waals surface area contributed by atoms with E-state index in [0.717, 1.165) is 50.5 Å². The van der Waals surface area contributed by atoms with Gasteiger partial charge < -0.3 is 23.8 Å². The van der Waals surface area contributed by atoms with Crippen molar-refractivity contribution in [3.63, 3.8) is 0 Å². The molecule has 2 atom stereocenters. The van der Waals surface area contributed by atoms with Crippen LogP contribution in [0.3, 0.4) is 0 Å². The quantitative estimate of drug-likeness (QED) is 0.380. The molecule has 0 saturated carbocycles. The summed E-state index contributed by atoms with van der Waals surface area (Å²) in [4.78, 5) is 6.59. The van der Waals surface area contributed by atoms with E-state index < -0.39 is 0 Å². The second-order valence-corrected chi connectivity index (χ2v) is 8.78. The average Bonchev–Trinajstić information content (AvgIpc) is 3.34. The molecule has 172 valence electrons. The molecule has 2 aliphatic rings. The third-order valence-electron chi connectivity index (χ3n) is 7.13. The first kappa shape index (κ1) is 20.7. The number of benzene rings is 3. The Morgan fingerprint density at radius 2 is 1.68 bits per heavy atom. The van der Waals surface area contributed by atoms with Gasteiger partial charge in [0.25, 0.3) is 0 Å². The Morgan fingerprint density at radius 3 is 2.41 bits per heavy atom. The van der Waals surface area contributed by atoms with Gasteiger partial charge in [0.15, 0.2) is 23.0 Å². The van der Waals surface area contributed by atoms with Crippen LogP contribution in [0.1, 0.15) is 30.0 Å². The number of fused-ring (bicyclic) bond motifs is 6. The van der Waals surface area contributed by atoms with E-state index in [1.54, 1.807) is 14.2 Å². The minimum absolute atomic E-state index is 0.00553. The molecule has 6 nitrogen and oxygen atoms in total. The van der Waals surface area contributed by atoms with Crippen molar-refractivity contribution < 1.29 is 18.9 Å². The van der Waals surface area contributed by atoms with Gasteiger partial charge in [0.1, 0.15) is 0 Å². The molecule has 3 heterocycles. The fourth-order valence-corrected chi connectivity index (χ4v) is 5.54. The monoisotopic (exact) mass is 454 g/mol. The molecule has 0 spiro atoms. The van der Waals surface area contributed by atoms with Gasteiger partial charge in [-0.2, -0.15) is 0 Å². The normalized spacial score (nSPS) is 16.7. The lowest BCUT2D eigenvalue weighted by Gasteiger charge is -2.42. The number of hydrogen-bond donors (Lipinski definition) is 0. The molecule has 0 aliphatic carbocycles. The molecule has 0 bridgehead atoms. The Balaban J connectivity index is 1.66. The summed E-state index contributed by atoms with van der Waals surface area (Å²) < 4.78 is 23.0. The van der Waals surface area contributed by atoms with E-state index in [0.29, 0.717) is 0 Å². The van der Waals surface area contributed by atoms with Crippen LogP contribution in [-0.4, -0.2) is 33.0 Å². The van der Waals surface area contributed by atoms with Crippen LogP contribution in [0.5, 0.6) is 23.0 Å². The molecule has 1 aromatic heterocycles. The van der Waals surface area contributed by atoms with Crippen molar-refractivity contribution in [3.05, 3.63) is 72.1 Å². The number of ether oxygens (including phenoxy) is 4. The van der Waals surface area contributed by atoms with Crippen LogP contribution in [0, 0.1) is 0 Å². The number of pyridine rings is 1. The Kier molecular flexibility index (Phi) is 4.76. The highest BCUT2D eigenvalue weighted by Crippen LogP contribution is 2.56. The van der Waals surface area contributed by atoms with Crippen molar-refractivity contribution in [3.8, 4) is 34.1 Å². The van der Waals surface area contributed by atoms with Crippen molar-refractivity contribution in [2.45, 2.75) is 18.9 Å². The standard InChI is InChI=1S/C28H26N2O4/c1-16(17-9-11-29-12-10-17)26-25-19(7-8-22(31-3)28(25)32-4)20-6-5-18-13-23-24(34-15-33-23)14-21(18)27(20)30(26)2/h5-14,16,26H,15H2,1-4H3/t16-,26+/m0/s1. The van der Waals surface area contributed by atoms with E-state index in [-0.39, 0.29) is 18.8 Å². The average molecular weight is 455 g/mol. The summed E-state index contributed by atoms with van der Waals surface area (Å²) in [6.07, 6.45) is 3.70. The molecule has 0 radical (unpaired) electrons. The van der Waals surface area contributed by atoms with Gasteiger partial charge >= 0.3 is 0 Å². The van der Waals surface area contributed by atoms with Crippen LogP contribution < -0.4 is 23.8 Å². The number of nitrogens with zero attached hydrogens (tertiary/aromatic N) is 2. The molecule has 0 amide bonds. The van der Waals surface area contributed by atoms with Crippen LogP contribution >= 0.6 is 0 Å². The Morgan fingerprint density at radius 1 is 0.941 bits per heavy atom. The largest absolute Gasteiger partial charge is 0.493 e. The zero-order valence-electron chi connectivity index (χ0n) is 19.7. The van der Waals surface area contributed by atoms with Crippen molar-refractivity contribution in [2.24, 2.45) is 0 Å². The van der Waals surface area contributed by atoms with Gasteiger partial charge in [0.2, 0.25) is 6.79 Å². The van der Waals surface area contributed by atoms with Crippen LogP contribution in [0.2, 0.25) is 0 Å². The lowest BCUT2D eigenvalue weighted by Crippen LogP contribution is -2.32. The molecular weight excluding hydrogens is 428 g/mol. The first-order chi connectivity index (χ1) is 16.6. The summed E-state index contributed by atoms with van der Waals surface area (Å²) in [6, 6.07) is 16.8. The third-order valence-corrected chi connectivity index (χ3v) is 7.13. The predicted octanol–water partition coefficient (Wildman–Crippen LogP) is 5.94. The molecule has 0 N–H and O–H groups in total. The second-order valence-electron chi connectivity index (χ2n) is 8.78. The van der Waals surface area contributed by atoms with Crippen LogP contribution in [0.25, 0.3) is 21.9 Å². The molecule has 0 unspecified atom stereocenters. The van der Waals surface area contributed by atoms with Gasteiger partial charge in [0, 0.05) is 41.9 Å². The van der Waals surface area contributed by atoms with E-state index in [4.69, 9.17) is 18.9 Å². The van der Waals surface area contributed by atoms with Gasteiger partial charge in [-0.25, -0.2) is 0 Å². The van der Waals surface area contributed by atoms with Crippen LogP contribution in [-0.2, 0) is 0 Å². The number of aromatic nitrogens is 1. The summed E-state index contributed by atoms with van der Waals surface area (Å²) in [7, 11) is 5.55. The van der Waals surface area contributed by atoms with Crippen molar-refractivity contribution in [1.29, 1.82) is 0 Å². The highest BCUT2D eigenvalue weighted by atomic mass is 16.7. The van der Waals surface area contributed by atoms with Gasteiger partial charge in [0.05, 0.1) is 25.9 Å². The molecule has 6 heteroatoms. The van der Waals surface area contributed by atoms with E-state index in [1.165, 1.54) is 11.3 Å². The number of methoxy groups -OCH3 is 2. The lowest BCUT2D eigenvalue weighted by atomic mass is 9.79. The van der Waals surface area contributed by atoms with E-state index in [1.807, 2.05) is 18.5 Å². The number of likely N-dealkylation sites (N-methyl/N-ethyl adjacent to an activating group) is 1. The van der Waals surface area contributed by atoms with Gasteiger partial charge in [-0.3, -0.25) is 4.98 Å². The Labute approximate surface area is 198 Å². The molecular formula is C28H26N2O4. The predicted molar refractivity (Wildman–Crippen MR) is 132 cm³/mol. The zero-order chi connectivity index (χ0) is 23.4. The molecule has 0 fully saturated rings. The van der Waals surface area contributed by atoms with Gasteiger partial charge in [-0.15, -0.1) is 0 Å². The van der Waals surface area contributed by atoms with Crippen molar-refractivity contribution in [2.75, 3.05) is 33.0 Å². The maximum Gasteiger partial charge on any atom is 0.231 e. The summed E-state index contributed by atoms with van der Waals surface area (Å²) >= 11 is 0. The number of anilines is 1. The minimum Gasteiger partial charge on any atom is -0.493 e. The maximum atomic E-state index is 5.96. The molecule has 4 aromatic rings. The SMILES string of the molecule is COc1ccc2c(c1OC)[C@@H]([C@@H](C)c1ccncc1)N(C)c1c-2ccc2cc3c(cc12)OCO3. The zero-order valence-corrected chi connectivity index (χ0v) is 19.7. The highest BCUT2D eigenvalue weighted by molar-refractivity contribution is 6.05. The molecule has 6 rings (SSSR count). The van der Waals surface area contributed by atoms with Crippen molar-refractivity contribution >= 4 is 16.5 Å². The Bertz CT molecular complexity index is 1400. The van der Waals surface area contributed by atoms with Gasteiger partial charge in [-0.05, 0) is 52.9 Å². The minimum atomic E-state index is 0.00553. The first-order valence-corrected chi connectivity index (χ1v) is 11.4. The Hall–Kier alpha value is -3.93. The van der Waals surface area contributed by atoms with E-state index in [2.05, 4.69) is 66.3 Å². The van der Waals surface area contributed by atoms with Crippen molar-refractivity contribution in [1.82, 2.24) is 4.98 Å². The molecule has 0 saturated heterocycles. The molecule has 3 aromatic carbocycles. The van der Waals surface area contributed by atoms with E-state index in [9.17, 15) is 0 Å². The fraction of sp³-hybridized carbons (Fsp3) is 0.250. The molecule has 34 heavy (non-hydrogen) atoms. The highest BCUT2D eigenvalue weighted by Gasteiger charge is 2.38. The van der Waals surface area contributed by atoms with Crippen LogP contribution in [0.15, 0.2) is 60.9 Å². The first-order valence-electron chi connectivity index (χ1n) is 11.4. The van der Waals surface area contributed by atoms with Crippen LogP contribution in [0.4, 0.5) is 5.69 Å². The summed E-state index contributed by atoms with van der Waals surface area (Å²) in [5.74, 6) is 3.24. The van der Waals surface area contributed by atoms with E-state index >= 15 is 0 Å². The lowest BCUT2D eigenvalue weighted by molar-refractivity contribution is 0.174. The third kappa shape index (κ3) is 2.91. The smallest absolute Gasteiger partial charge is 0.231 e. The maximum absolute atomic E-state index is 5.96. The molecule has 2 aliphatic heterocycles. The summed E-state index contributed by atoms with van der Waals surface area (Å²) in [6.45, 7) is 2.51. The number of hydrogen-bond acceptors (Lipinski definition) is 6. The second kappa shape index (κ2) is 7.83. The number of rotatable bonds is 4.